The summed E-state index contributed by atoms with van der Waals surface area (Å²) in [7, 11) is 0. The standard InChI is InChI=1S/C37H26N2O/c1-25-18-20-27(21-19-25)39-32-14-7-5-12-29(32)31-24-28(22-23-33(31)39)38(26-10-3-2-4-11-26)34-15-9-17-36-37(34)30-13-6-8-16-35(30)40-36/h2-24H,1H3. The minimum atomic E-state index is 0.886. The van der Waals surface area contributed by atoms with Crippen molar-refractivity contribution in [2.45, 2.75) is 6.92 Å². The Morgan fingerprint density at radius 2 is 1.23 bits per heavy atom. The number of aromatic nitrogens is 1. The van der Waals surface area contributed by atoms with Gasteiger partial charge in [-0.2, -0.15) is 0 Å². The normalized spacial score (nSPS) is 11.6. The summed E-state index contributed by atoms with van der Waals surface area (Å²) in [6.45, 7) is 2.13. The van der Waals surface area contributed by atoms with Crippen molar-refractivity contribution in [1.29, 1.82) is 0 Å². The third-order valence-electron chi connectivity index (χ3n) is 7.84. The van der Waals surface area contributed by atoms with Crippen molar-refractivity contribution in [1.82, 2.24) is 4.57 Å². The Balaban J connectivity index is 1.42. The lowest BCUT2D eigenvalue weighted by atomic mass is 10.1. The molecule has 0 atom stereocenters. The molecule has 0 bridgehead atoms. The average molecular weight is 515 g/mol. The molecule has 0 radical (unpaired) electrons. The number of aryl methyl sites for hydroxylation is 1. The molecule has 6 aromatic carbocycles. The zero-order valence-corrected chi connectivity index (χ0v) is 22.1. The number of furan rings is 1. The Kier molecular flexibility index (Phi) is 5.04. The second-order valence-corrected chi connectivity index (χ2v) is 10.3. The van der Waals surface area contributed by atoms with Crippen LogP contribution in [0.15, 0.2) is 144 Å². The first kappa shape index (κ1) is 22.7. The Morgan fingerprint density at radius 1 is 0.525 bits per heavy atom. The molecule has 8 aromatic rings. The summed E-state index contributed by atoms with van der Waals surface area (Å²) in [4.78, 5) is 2.35. The van der Waals surface area contributed by atoms with Crippen LogP contribution in [0.2, 0.25) is 0 Å². The van der Waals surface area contributed by atoms with E-state index in [0.717, 1.165) is 39.0 Å². The van der Waals surface area contributed by atoms with E-state index in [1.807, 2.05) is 12.1 Å². The average Bonchev–Trinajstić information content (AvgIpc) is 3.55. The van der Waals surface area contributed by atoms with Crippen LogP contribution in [0, 0.1) is 6.92 Å². The molecule has 0 aliphatic carbocycles. The van der Waals surface area contributed by atoms with Gasteiger partial charge in [0.15, 0.2) is 0 Å². The molecule has 0 aliphatic rings. The molecule has 0 fully saturated rings. The predicted molar refractivity (Wildman–Crippen MR) is 167 cm³/mol. The SMILES string of the molecule is Cc1ccc(-n2c3ccccc3c3cc(N(c4ccccc4)c4cccc5oc6ccccc6c45)ccc32)cc1. The summed E-state index contributed by atoms with van der Waals surface area (Å²) in [5.74, 6) is 0. The van der Waals surface area contributed by atoms with Gasteiger partial charge in [0.1, 0.15) is 11.2 Å². The van der Waals surface area contributed by atoms with Gasteiger partial charge in [0.2, 0.25) is 0 Å². The fourth-order valence-corrected chi connectivity index (χ4v) is 6.02. The first-order chi connectivity index (χ1) is 19.8. The minimum Gasteiger partial charge on any atom is -0.456 e. The van der Waals surface area contributed by atoms with Crippen molar-refractivity contribution in [2.75, 3.05) is 4.90 Å². The number of hydrogen-bond acceptors (Lipinski definition) is 2. The molecule has 8 rings (SSSR count). The molecular weight excluding hydrogens is 488 g/mol. The molecule has 190 valence electrons. The van der Waals surface area contributed by atoms with Crippen molar-refractivity contribution >= 4 is 60.8 Å². The van der Waals surface area contributed by atoms with Gasteiger partial charge in [0.25, 0.3) is 0 Å². The van der Waals surface area contributed by atoms with Crippen LogP contribution >= 0.6 is 0 Å². The quantitative estimate of drug-likeness (QED) is 0.233. The number of nitrogens with zero attached hydrogens (tertiary/aromatic N) is 2. The van der Waals surface area contributed by atoms with E-state index in [4.69, 9.17) is 4.42 Å². The van der Waals surface area contributed by atoms with E-state index in [1.165, 1.54) is 33.1 Å². The lowest BCUT2D eigenvalue weighted by molar-refractivity contribution is 0.669. The maximum Gasteiger partial charge on any atom is 0.137 e. The highest BCUT2D eigenvalue weighted by Crippen LogP contribution is 2.44. The van der Waals surface area contributed by atoms with Gasteiger partial charge < -0.3 is 13.9 Å². The van der Waals surface area contributed by atoms with Crippen LogP contribution in [0.1, 0.15) is 5.56 Å². The third kappa shape index (κ3) is 3.45. The number of para-hydroxylation sites is 3. The molecule has 3 heteroatoms. The predicted octanol–water partition coefficient (Wildman–Crippen LogP) is 10.5. The molecule has 0 saturated carbocycles. The Morgan fingerprint density at radius 3 is 2.08 bits per heavy atom. The summed E-state index contributed by atoms with van der Waals surface area (Å²) in [6.07, 6.45) is 0. The van der Waals surface area contributed by atoms with Crippen LogP contribution in [-0.2, 0) is 0 Å². The van der Waals surface area contributed by atoms with E-state index in [9.17, 15) is 0 Å². The number of anilines is 3. The zero-order chi connectivity index (χ0) is 26.6. The third-order valence-corrected chi connectivity index (χ3v) is 7.84. The van der Waals surface area contributed by atoms with Gasteiger partial charge in [0, 0.05) is 33.2 Å². The summed E-state index contributed by atoms with van der Waals surface area (Å²) in [5.41, 5.74) is 9.89. The topological polar surface area (TPSA) is 21.3 Å². The second-order valence-electron chi connectivity index (χ2n) is 10.3. The summed E-state index contributed by atoms with van der Waals surface area (Å²) >= 11 is 0. The Hall–Kier alpha value is -5.28. The van der Waals surface area contributed by atoms with Gasteiger partial charge in [-0.25, -0.2) is 0 Å². The van der Waals surface area contributed by atoms with Crippen molar-refractivity contribution < 1.29 is 4.42 Å². The van der Waals surface area contributed by atoms with E-state index in [0.29, 0.717) is 0 Å². The van der Waals surface area contributed by atoms with Crippen molar-refractivity contribution in [3.63, 3.8) is 0 Å². The number of hydrogen-bond donors (Lipinski definition) is 0. The highest BCUT2D eigenvalue weighted by atomic mass is 16.3. The molecule has 0 spiro atoms. The summed E-state index contributed by atoms with van der Waals surface area (Å²) in [6, 6.07) is 49.5. The van der Waals surface area contributed by atoms with E-state index >= 15 is 0 Å². The van der Waals surface area contributed by atoms with Gasteiger partial charge in [-0.1, -0.05) is 78.4 Å². The Labute approximate surface area is 232 Å². The van der Waals surface area contributed by atoms with Crippen molar-refractivity contribution in [2.24, 2.45) is 0 Å². The molecular formula is C37H26N2O. The van der Waals surface area contributed by atoms with Gasteiger partial charge in [0.05, 0.1) is 22.1 Å². The molecule has 40 heavy (non-hydrogen) atoms. The monoisotopic (exact) mass is 514 g/mol. The fraction of sp³-hybridized carbons (Fsp3) is 0.0270. The molecule has 0 N–H and O–H groups in total. The molecule has 0 aliphatic heterocycles. The van der Waals surface area contributed by atoms with Gasteiger partial charge in [-0.3, -0.25) is 0 Å². The van der Waals surface area contributed by atoms with Crippen LogP contribution in [0.4, 0.5) is 17.1 Å². The smallest absolute Gasteiger partial charge is 0.137 e. The maximum absolute atomic E-state index is 6.27. The van der Waals surface area contributed by atoms with Crippen LogP contribution in [0.5, 0.6) is 0 Å². The van der Waals surface area contributed by atoms with E-state index in [1.54, 1.807) is 0 Å². The van der Waals surface area contributed by atoms with E-state index in [-0.39, 0.29) is 0 Å². The maximum atomic E-state index is 6.27. The molecule has 2 aromatic heterocycles. The van der Waals surface area contributed by atoms with Crippen LogP contribution in [0.25, 0.3) is 49.4 Å². The van der Waals surface area contributed by atoms with E-state index < -0.39 is 0 Å². The molecule has 0 amide bonds. The van der Waals surface area contributed by atoms with Crippen LogP contribution in [-0.4, -0.2) is 4.57 Å². The number of benzene rings is 6. The number of fused-ring (bicyclic) bond motifs is 6. The Bertz CT molecular complexity index is 2170. The van der Waals surface area contributed by atoms with Crippen molar-refractivity contribution in [3.05, 3.63) is 145 Å². The highest BCUT2D eigenvalue weighted by Gasteiger charge is 2.20. The zero-order valence-electron chi connectivity index (χ0n) is 22.1. The lowest BCUT2D eigenvalue weighted by Gasteiger charge is -2.26. The van der Waals surface area contributed by atoms with Gasteiger partial charge >= 0.3 is 0 Å². The largest absolute Gasteiger partial charge is 0.456 e. The first-order valence-corrected chi connectivity index (χ1v) is 13.6. The van der Waals surface area contributed by atoms with Gasteiger partial charge in [-0.05, 0) is 73.7 Å². The molecule has 2 heterocycles. The summed E-state index contributed by atoms with van der Waals surface area (Å²) in [5, 5.41) is 4.69. The van der Waals surface area contributed by atoms with Crippen LogP contribution in [0.3, 0.4) is 0 Å². The minimum absolute atomic E-state index is 0.886. The molecule has 3 nitrogen and oxygen atoms in total. The van der Waals surface area contributed by atoms with E-state index in [2.05, 4.69) is 144 Å². The summed E-state index contributed by atoms with van der Waals surface area (Å²) < 4.78 is 8.64. The number of rotatable bonds is 4. The molecule has 0 unspecified atom stereocenters. The second kappa shape index (κ2) is 8.89. The lowest BCUT2D eigenvalue weighted by Crippen LogP contribution is -2.10. The fourth-order valence-electron chi connectivity index (χ4n) is 6.02. The highest BCUT2D eigenvalue weighted by molar-refractivity contribution is 6.14. The van der Waals surface area contributed by atoms with Crippen LogP contribution < -0.4 is 4.90 Å². The molecule has 0 saturated heterocycles. The van der Waals surface area contributed by atoms with Crippen molar-refractivity contribution in [3.8, 4) is 5.69 Å². The van der Waals surface area contributed by atoms with Gasteiger partial charge in [-0.15, -0.1) is 0 Å². The first-order valence-electron chi connectivity index (χ1n) is 13.6.